The van der Waals surface area contributed by atoms with Gasteiger partial charge in [0.25, 0.3) is 0 Å². The molecule has 2 N–H and O–H groups in total. The van der Waals surface area contributed by atoms with Crippen molar-refractivity contribution in [2.45, 2.75) is 32.4 Å². The zero-order valence-corrected chi connectivity index (χ0v) is 10.2. The number of aliphatic hydroxyl groups excluding tert-OH is 1. The largest absolute Gasteiger partial charge is 0.396 e. The maximum absolute atomic E-state index is 12.1. The quantitative estimate of drug-likeness (QED) is 0.714. The van der Waals surface area contributed by atoms with Gasteiger partial charge in [0.05, 0.1) is 6.04 Å². The van der Waals surface area contributed by atoms with Crippen LogP contribution in [-0.2, 0) is 4.79 Å². The van der Waals surface area contributed by atoms with Crippen LogP contribution in [0.15, 0.2) is 0 Å². The Morgan fingerprint density at radius 3 is 2.87 bits per heavy atom. The smallest absolute Gasteiger partial charge is 0.240 e. The van der Waals surface area contributed by atoms with Gasteiger partial charge < -0.3 is 10.0 Å². The van der Waals surface area contributed by atoms with Crippen molar-refractivity contribution in [1.29, 1.82) is 0 Å². The van der Waals surface area contributed by atoms with Crippen LogP contribution in [0.1, 0.15) is 20.3 Å². The second-order valence-corrected chi connectivity index (χ2v) is 5.00. The molecule has 1 amide bonds. The van der Waals surface area contributed by atoms with Crippen molar-refractivity contribution >= 4 is 17.7 Å². The number of nitrogens with zero attached hydrogens (tertiary/aromatic N) is 1. The van der Waals surface area contributed by atoms with Gasteiger partial charge in [-0.25, -0.2) is 0 Å². The van der Waals surface area contributed by atoms with Crippen LogP contribution in [0.25, 0.3) is 0 Å². The Morgan fingerprint density at radius 2 is 2.40 bits per heavy atom. The molecule has 1 heterocycles. The third-order valence-electron chi connectivity index (χ3n) is 2.48. The van der Waals surface area contributed by atoms with Gasteiger partial charge in [0.2, 0.25) is 5.91 Å². The van der Waals surface area contributed by atoms with E-state index in [1.54, 1.807) is 11.8 Å². The number of rotatable bonds is 5. The number of amides is 1. The van der Waals surface area contributed by atoms with Gasteiger partial charge in [-0.3, -0.25) is 10.1 Å². The topological polar surface area (TPSA) is 52.6 Å². The standard InChI is InChI=1S/C10H20N2O2S/c1-8(2)12(4-3-5-13)10(14)9-6-15-7-11-9/h8-9,11,13H,3-7H2,1-2H3. The third-order valence-corrected chi connectivity index (χ3v) is 3.42. The molecule has 88 valence electrons. The van der Waals surface area contributed by atoms with E-state index in [0.717, 1.165) is 11.6 Å². The van der Waals surface area contributed by atoms with E-state index >= 15 is 0 Å². The van der Waals surface area contributed by atoms with E-state index in [1.165, 1.54) is 0 Å². The molecule has 1 saturated heterocycles. The SMILES string of the molecule is CC(C)N(CCCO)C(=O)C1CSCN1. The number of hydrogen-bond acceptors (Lipinski definition) is 4. The molecule has 1 rings (SSSR count). The van der Waals surface area contributed by atoms with Crippen molar-refractivity contribution in [3.63, 3.8) is 0 Å². The molecule has 1 aliphatic heterocycles. The van der Waals surface area contributed by atoms with Gasteiger partial charge in [-0.2, -0.15) is 0 Å². The van der Waals surface area contributed by atoms with Crippen molar-refractivity contribution in [1.82, 2.24) is 10.2 Å². The first-order valence-electron chi connectivity index (χ1n) is 5.39. The van der Waals surface area contributed by atoms with Crippen LogP contribution < -0.4 is 5.32 Å². The summed E-state index contributed by atoms with van der Waals surface area (Å²) in [7, 11) is 0. The van der Waals surface area contributed by atoms with E-state index in [-0.39, 0.29) is 24.6 Å². The highest BCUT2D eigenvalue weighted by Crippen LogP contribution is 2.13. The summed E-state index contributed by atoms with van der Waals surface area (Å²) >= 11 is 1.76. The zero-order valence-electron chi connectivity index (χ0n) is 9.40. The van der Waals surface area contributed by atoms with Crippen molar-refractivity contribution < 1.29 is 9.90 Å². The highest BCUT2D eigenvalue weighted by molar-refractivity contribution is 7.99. The van der Waals surface area contributed by atoms with Crippen molar-refractivity contribution in [2.75, 3.05) is 24.8 Å². The van der Waals surface area contributed by atoms with Gasteiger partial charge in [-0.1, -0.05) is 0 Å². The molecule has 1 aliphatic rings. The summed E-state index contributed by atoms with van der Waals surface area (Å²) in [5, 5.41) is 12.0. The van der Waals surface area contributed by atoms with Crippen LogP contribution in [0.4, 0.5) is 0 Å². The molecule has 0 aliphatic carbocycles. The van der Waals surface area contributed by atoms with Crippen molar-refractivity contribution in [3.05, 3.63) is 0 Å². The van der Waals surface area contributed by atoms with E-state index in [1.807, 2.05) is 18.7 Å². The van der Waals surface area contributed by atoms with Gasteiger partial charge in [0.15, 0.2) is 0 Å². The van der Waals surface area contributed by atoms with Crippen molar-refractivity contribution in [3.8, 4) is 0 Å². The van der Waals surface area contributed by atoms with Crippen LogP contribution in [0.5, 0.6) is 0 Å². The first-order chi connectivity index (χ1) is 7.16. The number of carbonyl (C=O) groups is 1. The number of aliphatic hydroxyl groups is 1. The molecular formula is C10H20N2O2S. The summed E-state index contributed by atoms with van der Waals surface area (Å²) in [5.41, 5.74) is 0. The van der Waals surface area contributed by atoms with Crippen LogP contribution >= 0.6 is 11.8 Å². The van der Waals surface area contributed by atoms with E-state index in [9.17, 15) is 4.79 Å². The van der Waals surface area contributed by atoms with Crippen LogP contribution in [0.3, 0.4) is 0 Å². The lowest BCUT2D eigenvalue weighted by molar-refractivity contribution is -0.134. The molecular weight excluding hydrogens is 212 g/mol. The molecule has 0 bridgehead atoms. The molecule has 0 aromatic rings. The van der Waals surface area contributed by atoms with Crippen molar-refractivity contribution in [2.24, 2.45) is 0 Å². The minimum atomic E-state index is -0.0314. The fourth-order valence-corrected chi connectivity index (χ4v) is 2.55. The van der Waals surface area contributed by atoms with Gasteiger partial charge >= 0.3 is 0 Å². The normalized spacial score (nSPS) is 20.9. The van der Waals surface area contributed by atoms with Gasteiger partial charge in [0, 0.05) is 30.8 Å². The Morgan fingerprint density at radius 1 is 1.67 bits per heavy atom. The van der Waals surface area contributed by atoms with Crippen LogP contribution in [0.2, 0.25) is 0 Å². The van der Waals surface area contributed by atoms with Crippen LogP contribution in [0, 0.1) is 0 Å². The monoisotopic (exact) mass is 232 g/mol. The molecule has 0 radical (unpaired) electrons. The number of thioether (sulfide) groups is 1. The Hall–Kier alpha value is -0.260. The highest BCUT2D eigenvalue weighted by atomic mass is 32.2. The summed E-state index contributed by atoms with van der Waals surface area (Å²) < 4.78 is 0. The number of carbonyl (C=O) groups excluding carboxylic acids is 1. The van der Waals surface area contributed by atoms with E-state index < -0.39 is 0 Å². The minimum Gasteiger partial charge on any atom is -0.396 e. The number of nitrogens with one attached hydrogen (secondary N) is 1. The predicted molar refractivity (Wildman–Crippen MR) is 62.8 cm³/mol. The lowest BCUT2D eigenvalue weighted by Gasteiger charge is -2.29. The second-order valence-electron chi connectivity index (χ2n) is 3.97. The Kier molecular flexibility index (Phi) is 5.42. The maximum atomic E-state index is 12.1. The Balaban J connectivity index is 2.49. The summed E-state index contributed by atoms with van der Waals surface area (Å²) in [5.74, 6) is 1.90. The molecule has 0 aromatic carbocycles. The highest BCUT2D eigenvalue weighted by Gasteiger charge is 2.28. The molecule has 15 heavy (non-hydrogen) atoms. The first-order valence-corrected chi connectivity index (χ1v) is 6.54. The fraction of sp³-hybridized carbons (Fsp3) is 0.900. The fourth-order valence-electron chi connectivity index (χ4n) is 1.62. The molecule has 0 saturated carbocycles. The number of hydrogen-bond donors (Lipinski definition) is 2. The average Bonchev–Trinajstić information content (AvgIpc) is 2.70. The second kappa shape index (κ2) is 6.35. The Bertz CT molecular complexity index is 206. The molecule has 4 nitrogen and oxygen atoms in total. The summed E-state index contributed by atoms with van der Waals surface area (Å²) in [6, 6.07) is 0.174. The summed E-state index contributed by atoms with van der Waals surface area (Å²) in [6.07, 6.45) is 0.657. The zero-order chi connectivity index (χ0) is 11.3. The molecule has 0 aromatic heterocycles. The van der Waals surface area contributed by atoms with Gasteiger partial charge in [-0.05, 0) is 20.3 Å². The molecule has 1 fully saturated rings. The Labute approximate surface area is 95.4 Å². The molecule has 5 heteroatoms. The van der Waals surface area contributed by atoms with Gasteiger partial charge in [-0.15, -0.1) is 11.8 Å². The maximum Gasteiger partial charge on any atom is 0.240 e. The van der Waals surface area contributed by atoms with Gasteiger partial charge in [0.1, 0.15) is 0 Å². The van der Waals surface area contributed by atoms with E-state index in [4.69, 9.17) is 5.11 Å². The molecule has 1 unspecified atom stereocenters. The predicted octanol–water partition coefficient (Wildman–Crippen LogP) is 0.268. The average molecular weight is 232 g/mol. The lowest BCUT2D eigenvalue weighted by atomic mass is 10.2. The molecule has 0 spiro atoms. The first kappa shape index (κ1) is 12.8. The molecule has 1 atom stereocenters. The minimum absolute atomic E-state index is 0.0314. The third kappa shape index (κ3) is 3.66. The summed E-state index contributed by atoms with van der Waals surface area (Å²) in [4.78, 5) is 13.9. The van der Waals surface area contributed by atoms with E-state index in [0.29, 0.717) is 13.0 Å². The summed E-state index contributed by atoms with van der Waals surface area (Å²) in [6.45, 7) is 4.81. The lowest BCUT2D eigenvalue weighted by Crippen LogP contribution is -2.48. The van der Waals surface area contributed by atoms with E-state index in [2.05, 4.69) is 5.32 Å². The van der Waals surface area contributed by atoms with Crippen LogP contribution in [-0.4, -0.2) is 52.8 Å².